The van der Waals surface area contributed by atoms with E-state index in [0.717, 1.165) is 5.56 Å². The molecular weight excluding hydrogens is 212 g/mol. The summed E-state index contributed by atoms with van der Waals surface area (Å²) < 4.78 is 6.14. The molecule has 1 heterocycles. The SMILES string of the molecule is NCC(OC1CCCCCC1)c1cccnc1. The highest BCUT2D eigenvalue weighted by Gasteiger charge is 2.18. The van der Waals surface area contributed by atoms with Crippen molar-refractivity contribution in [3.8, 4) is 0 Å². The van der Waals surface area contributed by atoms with E-state index in [1.807, 2.05) is 18.3 Å². The van der Waals surface area contributed by atoms with Crippen LogP contribution in [0.3, 0.4) is 0 Å². The van der Waals surface area contributed by atoms with Crippen molar-refractivity contribution >= 4 is 0 Å². The van der Waals surface area contributed by atoms with Crippen LogP contribution in [-0.2, 0) is 4.74 Å². The van der Waals surface area contributed by atoms with Crippen LogP contribution in [0.25, 0.3) is 0 Å². The number of pyridine rings is 1. The summed E-state index contributed by atoms with van der Waals surface area (Å²) >= 11 is 0. The maximum absolute atomic E-state index is 6.14. The number of aromatic nitrogens is 1. The van der Waals surface area contributed by atoms with Crippen molar-refractivity contribution < 1.29 is 4.74 Å². The Morgan fingerprint density at radius 3 is 2.65 bits per heavy atom. The Hall–Kier alpha value is -0.930. The monoisotopic (exact) mass is 234 g/mol. The van der Waals surface area contributed by atoms with E-state index in [-0.39, 0.29) is 6.10 Å². The molecule has 1 fully saturated rings. The van der Waals surface area contributed by atoms with Crippen molar-refractivity contribution in [3.63, 3.8) is 0 Å². The average molecular weight is 234 g/mol. The molecule has 94 valence electrons. The van der Waals surface area contributed by atoms with E-state index in [1.165, 1.54) is 38.5 Å². The number of nitrogens with two attached hydrogens (primary N) is 1. The summed E-state index contributed by atoms with van der Waals surface area (Å²) in [5, 5.41) is 0. The van der Waals surface area contributed by atoms with E-state index in [1.54, 1.807) is 6.20 Å². The molecule has 0 radical (unpaired) electrons. The van der Waals surface area contributed by atoms with Gasteiger partial charge < -0.3 is 10.5 Å². The summed E-state index contributed by atoms with van der Waals surface area (Å²) in [6.07, 6.45) is 11.6. The normalized spacial score (nSPS) is 19.8. The van der Waals surface area contributed by atoms with Crippen molar-refractivity contribution in [1.82, 2.24) is 4.98 Å². The first kappa shape index (κ1) is 12.5. The first-order valence-corrected chi connectivity index (χ1v) is 6.65. The van der Waals surface area contributed by atoms with Crippen LogP contribution in [0.5, 0.6) is 0 Å². The highest BCUT2D eigenvalue weighted by Crippen LogP contribution is 2.25. The van der Waals surface area contributed by atoms with E-state index in [2.05, 4.69) is 4.98 Å². The zero-order chi connectivity index (χ0) is 11.9. The first-order chi connectivity index (χ1) is 8.40. The molecule has 0 aromatic carbocycles. The van der Waals surface area contributed by atoms with Gasteiger partial charge in [-0.3, -0.25) is 4.98 Å². The third-order valence-corrected chi connectivity index (χ3v) is 3.43. The molecule has 1 aromatic heterocycles. The molecule has 1 unspecified atom stereocenters. The molecule has 1 atom stereocenters. The van der Waals surface area contributed by atoms with Gasteiger partial charge in [0, 0.05) is 24.5 Å². The number of ether oxygens (including phenoxy) is 1. The maximum Gasteiger partial charge on any atom is 0.0965 e. The summed E-state index contributed by atoms with van der Waals surface area (Å²) in [5.74, 6) is 0. The van der Waals surface area contributed by atoms with Crippen LogP contribution in [0.15, 0.2) is 24.5 Å². The predicted molar refractivity (Wildman–Crippen MR) is 68.6 cm³/mol. The molecule has 0 amide bonds. The van der Waals surface area contributed by atoms with Gasteiger partial charge in [-0.2, -0.15) is 0 Å². The molecule has 17 heavy (non-hydrogen) atoms. The molecular formula is C14H22N2O. The number of rotatable bonds is 4. The Kier molecular flexibility index (Phi) is 4.95. The molecule has 0 spiro atoms. The van der Waals surface area contributed by atoms with Gasteiger partial charge in [-0.1, -0.05) is 31.7 Å². The summed E-state index contributed by atoms with van der Waals surface area (Å²) in [7, 11) is 0. The van der Waals surface area contributed by atoms with Gasteiger partial charge in [0.15, 0.2) is 0 Å². The average Bonchev–Trinajstić information content (AvgIpc) is 2.65. The van der Waals surface area contributed by atoms with Gasteiger partial charge in [-0.15, -0.1) is 0 Å². The third-order valence-electron chi connectivity index (χ3n) is 3.43. The topological polar surface area (TPSA) is 48.1 Å². The first-order valence-electron chi connectivity index (χ1n) is 6.65. The lowest BCUT2D eigenvalue weighted by Gasteiger charge is -2.23. The summed E-state index contributed by atoms with van der Waals surface area (Å²) in [4.78, 5) is 4.13. The Morgan fingerprint density at radius 1 is 1.29 bits per heavy atom. The highest BCUT2D eigenvalue weighted by molar-refractivity contribution is 5.12. The van der Waals surface area contributed by atoms with Gasteiger partial charge >= 0.3 is 0 Å². The van der Waals surface area contributed by atoms with E-state index in [4.69, 9.17) is 10.5 Å². The van der Waals surface area contributed by atoms with Crippen molar-refractivity contribution in [2.75, 3.05) is 6.54 Å². The molecule has 3 heteroatoms. The van der Waals surface area contributed by atoms with Gasteiger partial charge in [-0.05, 0) is 18.9 Å². The molecule has 1 saturated carbocycles. The Labute approximate surface area is 103 Å². The van der Waals surface area contributed by atoms with Crippen molar-refractivity contribution in [1.29, 1.82) is 0 Å². The lowest BCUT2D eigenvalue weighted by atomic mass is 10.1. The number of nitrogens with zero attached hydrogens (tertiary/aromatic N) is 1. The van der Waals surface area contributed by atoms with E-state index < -0.39 is 0 Å². The summed E-state index contributed by atoms with van der Waals surface area (Å²) in [6.45, 7) is 0.530. The molecule has 1 aliphatic rings. The second-order valence-corrected chi connectivity index (χ2v) is 4.76. The highest BCUT2D eigenvalue weighted by atomic mass is 16.5. The quantitative estimate of drug-likeness (QED) is 0.815. The fourth-order valence-electron chi connectivity index (χ4n) is 2.45. The number of hydrogen-bond donors (Lipinski definition) is 1. The van der Waals surface area contributed by atoms with Crippen LogP contribution in [-0.4, -0.2) is 17.6 Å². The zero-order valence-corrected chi connectivity index (χ0v) is 10.3. The maximum atomic E-state index is 6.14. The minimum atomic E-state index is 0.00630. The largest absolute Gasteiger partial charge is 0.369 e. The van der Waals surface area contributed by atoms with Crippen LogP contribution >= 0.6 is 0 Å². The standard InChI is InChI=1S/C14H22N2O/c15-10-14(12-6-5-9-16-11-12)17-13-7-3-1-2-4-8-13/h5-6,9,11,13-14H,1-4,7-8,10,15H2. The van der Waals surface area contributed by atoms with Gasteiger partial charge in [0.2, 0.25) is 0 Å². The van der Waals surface area contributed by atoms with Crippen LogP contribution < -0.4 is 5.73 Å². The molecule has 2 rings (SSSR count). The van der Waals surface area contributed by atoms with Gasteiger partial charge in [-0.25, -0.2) is 0 Å². The molecule has 0 aliphatic heterocycles. The Morgan fingerprint density at radius 2 is 2.06 bits per heavy atom. The van der Waals surface area contributed by atoms with Crippen molar-refractivity contribution in [3.05, 3.63) is 30.1 Å². The lowest BCUT2D eigenvalue weighted by Crippen LogP contribution is -2.22. The van der Waals surface area contributed by atoms with Crippen molar-refractivity contribution in [2.24, 2.45) is 5.73 Å². The van der Waals surface area contributed by atoms with Crippen LogP contribution in [0, 0.1) is 0 Å². The Balaban J connectivity index is 1.94. The van der Waals surface area contributed by atoms with Crippen LogP contribution in [0.4, 0.5) is 0 Å². The van der Waals surface area contributed by atoms with Gasteiger partial charge in [0.25, 0.3) is 0 Å². The minimum absolute atomic E-state index is 0.00630. The van der Waals surface area contributed by atoms with Gasteiger partial charge in [0.05, 0.1) is 12.2 Å². The predicted octanol–water partition coefficient (Wildman–Crippen LogP) is 2.82. The molecule has 1 aliphatic carbocycles. The summed E-state index contributed by atoms with van der Waals surface area (Å²) in [5.41, 5.74) is 6.90. The minimum Gasteiger partial charge on any atom is -0.369 e. The molecule has 1 aromatic rings. The fourth-order valence-corrected chi connectivity index (χ4v) is 2.45. The fraction of sp³-hybridized carbons (Fsp3) is 0.643. The van der Waals surface area contributed by atoms with Crippen LogP contribution in [0.1, 0.15) is 50.2 Å². The zero-order valence-electron chi connectivity index (χ0n) is 10.3. The molecule has 0 saturated heterocycles. The third kappa shape index (κ3) is 3.79. The van der Waals surface area contributed by atoms with E-state index in [0.29, 0.717) is 12.6 Å². The van der Waals surface area contributed by atoms with Crippen molar-refractivity contribution in [2.45, 2.75) is 50.7 Å². The lowest BCUT2D eigenvalue weighted by molar-refractivity contribution is -0.0162. The van der Waals surface area contributed by atoms with E-state index >= 15 is 0 Å². The van der Waals surface area contributed by atoms with Crippen LogP contribution in [0.2, 0.25) is 0 Å². The molecule has 0 bridgehead atoms. The molecule has 2 N–H and O–H groups in total. The second kappa shape index (κ2) is 6.72. The van der Waals surface area contributed by atoms with Gasteiger partial charge in [0.1, 0.15) is 0 Å². The van der Waals surface area contributed by atoms with E-state index in [9.17, 15) is 0 Å². The second-order valence-electron chi connectivity index (χ2n) is 4.76. The molecule has 3 nitrogen and oxygen atoms in total. The smallest absolute Gasteiger partial charge is 0.0965 e. The number of hydrogen-bond acceptors (Lipinski definition) is 3. The Bertz CT molecular complexity index is 307. The summed E-state index contributed by atoms with van der Waals surface area (Å²) in [6, 6.07) is 3.98.